The summed E-state index contributed by atoms with van der Waals surface area (Å²) in [5.74, 6) is 0. The molecule has 2 heterocycles. The van der Waals surface area contributed by atoms with Gasteiger partial charge in [0.2, 0.25) is 0 Å². The lowest BCUT2D eigenvalue weighted by molar-refractivity contribution is 0.253. The summed E-state index contributed by atoms with van der Waals surface area (Å²) in [7, 11) is 0. The Morgan fingerprint density at radius 1 is 1.15 bits per heavy atom. The number of pyridine rings is 1. The molecule has 5 nitrogen and oxygen atoms in total. The molecule has 4 rings (SSSR count). The van der Waals surface area contributed by atoms with E-state index >= 15 is 0 Å². The summed E-state index contributed by atoms with van der Waals surface area (Å²) >= 11 is 0. The molecule has 0 aliphatic carbocycles. The summed E-state index contributed by atoms with van der Waals surface area (Å²) in [4.78, 5) is 20.6. The first kappa shape index (κ1) is 17.3. The number of fused-ring (bicyclic) bond motifs is 1. The van der Waals surface area contributed by atoms with E-state index in [-0.39, 0.29) is 0 Å². The van der Waals surface area contributed by atoms with E-state index < -0.39 is 6.03 Å². The van der Waals surface area contributed by atoms with Gasteiger partial charge in [0, 0.05) is 41.4 Å². The third kappa shape index (κ3) is 3.58. The zero-order valence-corrected chi connectivity index (χ0v) is 15.6. The Morgan fingerprint density at radius 3 is 2.59 bits per heavy atom. The number of amides is 2. The number of nitrogens with zero attached hydrogens (tertiary/aromatic N) is 3. The van der Waals surface area contributed by atoms with E-state index in [4.69, 9.17) is 5.73 Å². The van der Waals surface area contributed by atoms with Crippen LogP contribution < -0.4 is 15.5 Å². The van der Waals surface area contributed by atoms with Gasteiger partial charge in [-0.25, -0.2) is 4.79 Å². The maximum Gasteiger partial charge on any atom is 0.319 e. The standard InChI is InChI=1S/C22H24N4O/c1-16-13-20-18(14-24-16)5-4-6-21(20)26(22(23)27)15-17-7-9-19(10-8-17)25-11-2-3-12-25/h4-10,13-14H,2-3,11-12,15H2,1H3,(H2,23,27). The zero-order chi connectivity index (χ0) is 18.8. The minimum Gasteiger partial charge on any atom is -0.372 e. The lowest BCUT2D eigenvalue weighted by Gasteiger charge is -2.23. The van der Waals surface area contributed by atoms with Gasteiger partial charge in [-0.05, 0) is 49.6 Å². The number of nitrogens with two attached hydrogens (primary N) is 1. The first-order valence-electron chi connectivity index (χ1n) is 9.38. The molecule has 0 unspecified atom stereocenters. The molecule has 5 heteroatoms. The molecule has 0 bridgehead atoms. The van der Waals surface area contributed by atoms with Gasteiger partial charge in [0.1, 0.15) is 0 Å². The summed E-state index contributed by atoms with van der Waals surface area (Å²) in [5, 5.41) is 1.98. The van der Waals surface area contributed by atoms with E-state index in [2.05, 4.69) is 34.1 Å². The second-order valence-corrected chi connectivity index (χ2v) is 7.11. The van der Waals surface area contributed by atoms with Crippen LogP contribution in [0.4, 0.5) is 16.2 Å². The highest BCUT2D eigenvalue weighted by Crippen LogP contribution is 2.29. The van der Waals surface area contributed by atoms with Crippen LogP contribution in [-0.4, -0.2) is 24.1 Å². The van der Waals surface area contributed by atoms with E-state index in [1.165, 1.54) is 18.5 Å². The van der Waals surface area contributed by atoms with Crippen molar-refractivity contribution in [1.29, 1.82) is 0 Å². The molecule has 2 aromatic carbocycles. The molecule has 1 aliphatic rings. The normalized spacial score (nSPS) is 13.9. The van der Waals surface area contributed by atoms with E-state index in [1.54, 1.807) is 4.90 Å². The minimum absolute atomic E-state index is 0.441. The largest absolute Gasteiger partial charge is 0.372 e. The van der Waals surface area contributed by atoms with Crippen molar-refractivity contribution < 1.29 is 4.79 Å². The molecule has 27 heavy (non-hydrogen) atoms. The molecule has 0 spiro atoms. The summed E-state index contributed by atoms with van der Waals surface area (Å²) < 4.78 is 0. The van der Waals surface area contributed by atoms with E-state index in [9.17, 15) is 4.79 Å². The molecular formula is C22H24N4O. The Hall–Kier alpha value is -3.08. The number of carbonyl (C=O) groups is 1. The maximum absolute atomic E-state index is 12.2. The average molecular weight is 360 g/mol. The second kappa shape index (κ2) is 7.27. The molecule has 1 aliphatic heterocycles. The SMILES string of the molecule is Cc1cc2c(N(Cc3ccc(N4CCCC4)cc3)C(N)=O)cccc2cn1. The molecular weight excluding hydrogens is 336 g/mol. The van der Waals surface area contributed by atoms with E-state index in [1.807, 2.05) is 37.4 Å². The summed E-state index contributed by atoms with van der Waals surface area (Å²) in [6.45, 7) is 4.63. The van der Waals surface area contributed by atoms with Gasteiger partial charge in [-0.1, -0.05) is 24.3 Å². The van der Waals surface area contributed by atoms with Crippen molar-refractivity contribution in [3.05, 3.63) is 66.0 Å². The summed E-state index contributed by atoms with van der Waals surface area (Å²) in [5.41, 5.74) is 9.76. The topological polar surface area (TPSA) is 62.5 Å². The average Bonchev–Trinajstić information content (AvgIpc) is 3.21. The van der Waals surface area contributed by atoms with Crippen molar-refractivity contribution in [3.8, 4) is 0 Å². The number of urea groups is 1. The summed E-state index contributed by atoms with van der Waals surface area (Å²) in [6.07, 6.45) is 4.34. The van der Waals surface area contributed by atoms with Gasteiger partial charge in [0.25, 0.3) is 0 Å². The number of benzene rings is 2. The Bertz CT molecular complexity index is 962. The Morgan fingerprint density at radius 2 is 1.89 bits per heavy atom. The molecule has 0 radical (unpaired) electrons. The third-order valence-electron chi connectivity index (χ3n) is 5.18. The highest BCUT2D eigenvalue weighted by molar-refractivity contribution is 6.02. The van der Waals surface area contributed by atoms with E-state index in [0.717, 1.165) is 40.8 Å². The zero-order valence-electron chi connectivity index (χ0n) is 15.6. The second-order valence-electron chi connectivity index (χ2n) is 7.11. The van der Waals surface area contributed by atoms with Gasteiger partial charge < -0.3 is 10.6 Å². The van der Waals surface area contributed by atoms with Crippen LogP contribution in [0.1, 0.15) is 24.1 Å². The van der Waals surface area contributed by atoms with Gasteiger partial charge in [-0.3, -0.25) is 9.88 Å². The maximum atomic E-state index is 12.2. The van der Waals surface area contributed by atoms with Crippen LogP contribution in [0.5, 0.6) is 0 Å². The van der Waals surface area contributed by atoms with Gasteiger partial charge >= 0.3 is 6.03 Å². The molecule has 1 saturated heterocycles. The molecule has 138 valence electrons. The number of hydrogen-bond donors (Lipinski definition) is 1. The van der Waals surface area contributed by atoms with Crippen LogP contribution in [0.2, 0.25) is 0 Å². The number of primary amides is 1. The Balaban J connectivity index is 1.64. The minimum atomic E-state index is -0.458. The van der Waals surface area contributed by atoms with Crippen LogP contribution in [0.3, 0.4) is 0 Å². The Kier molecular flexibility index (Phi) is 4.67. The van der Waals surface area contributed by atoms with Gasteiger partial charge in [0.05, 0.1) is 12.2 Å². The number of anilines is 2. The van der Waals surface area contributed by atoms with Gasteiger partial charge in [0.15, 0.2) is 0 Å². The predicted octanol–water partition coefficient (Wildman–Crippen LogP) is 4.23. The molecule has 0 atom stereocenters. The fourth-order valence-corrected chi connectivity index (χ4v) is 3.74. The van der Waals surface area contributed by atoms with Crippen molar-refractivity contribution in [2.75, 3.05) is 22.9 Å². The van der Waals surface area contributed by atoms with Gasteiger partial charge in [-0.15, -0.1) is 0 Å². The third-order valence-corrected chi connectivity index (χ3v) is 5.18. The predicted molar refractivity (Wildman–Crippen MR) is 110 cm³/mol. The molecule has 3 aromatic rings. The monoisotopic (exact) mass is 360 g/mol. The van der Waals surface area contributed by atoms with Crippen molar-refractivity contribution >= 4 is 28.2 Å². The van der Waals surface area contributed by atoms with Crippen LogP contribution in [-0.2, 0) is 6.54 Å². The van der Waals surface area contributed by atoms with Crippen LogP contribution >= 0.6 is 0 Å². The fourth-order valence-electron chi connectivity index (χ4n) is 3.74. The molecule has 2 N–H and O–H groups in total. The highest BCUT2D eigenvalue weighted by atomic mass is 16.2. The van der Waals surface area contributed by atoms with Crippen LogP contribution in [0.15, 0.2) is 54.7 Å². The Labute approximate surface area is 159 Å². The lowest BCUT2D eigenvalue weighted by Crippen LogP contribution is -2.35. The van der Waals surface area contributed by atoms with E-state index in [0.29, 0.717) is 6.54 Å². The first-order chi connectivity index (χ1) is 13.1. The smallest absolute Gasteiger partial charge is 0.319 e. The summed E-state index contributed by atoms with van der Waals surface area (Å²) in [6, 6.07) is 15.8. The quantitative estimate of drug-likeness (QED) is 0.757. The number of aryl methyl sites for hydroxylation is 1. The van der Waals surface area contributed by atoms with Crippen LogP contribution in [0.25, 0.3) is 10.8 Å². The van der Waals surface area contributed by atoms with Crippen molar-refractivity contribution in [2.45, 2.75) is 26.3 Å². The van der Waals surface area contributed by atoms with Crippen molar-refractivity contribution in [3.63, 3.8) is 0 Å². The highest BCUT2D eigenvalue weighted by Gasteiger charge is 2.17. The molecule has 1 fully saturated rings. The fraction of sp³-hybridized carbons (Fsp3) is 0.273. The van der Waals surface area contributed by atoms with Crippen molar-refractivity contribution in [2.24, 2.45) is 5.73 Å². The number of carbonyl (C=O) groups excluding carboxylic acids is 1. The molecule has 0 saturated carbocycles. The van der Waals surface area contributed by atoms with Gasteiger partial charge in [-0.2, -0.15) is 0 Å². The van der Waals surface area contributed by atoms with Crippen molar-refractivity contribution in [1.82, 2.24) is 4.98 Å². The molecule has 1 aromatic heterocycles. The first-order valence-corrected chi connectivity index (χ1v) is 9.38. The number of aromatic nitrogens is 1. The number of rotatable bonds is 4. The lowest BCUT2D eigenvalue weighted by atomic mass is 10.1. The molecule has 2 amide bonds. The van der Waals surface area contributed by atoms with Crippen LogP contribution in [0, 0.1) is 6.92 Å². The number of hydrogen-bond acceptors (Lipinski definition) is 3.